The lowest BCUT2D eigenvalue weighted by molar-refractivity contribution is 0.765. The Morgan fingerprint density at radius 3 is 3.00 bits per heavy atom. The molecule has 0 aliphatic rings. The monoisotopic (exact) mass is 167 g/mol. The van der Waals surface area contributed by atoms with Crippen LogP contribution < -0.4 is 5.32 Å². The molecule has 3 heteroatoms. The summed E-state index contributed by atoms with van der Waals surface area (Å²) >= 11 is 0. The molecule has 12 heavy (non-hydrogen) atoms. The molecule has 0 spiro atoms. The van der Waals surface area contributed by atoms with Crippen molar-refractivity contribution in [3.05, 3.63) is 17.7 Å². The molecule has 0 bridgehead atoms. The molecular weight excluding hydrogens is 150 g/mol. The minimum Gasteiger partial charge on any atom is -0.348 e. The number of H-pyrrole nitrogens is 1. The SMILES string of the molecule is CCCc1[nH]cnc1CCNC. The predicted molar refractivity (Wildman–Crippen MR) is 50.2 cm³/mol. The van der Waals surface area contributed by atoms with Crippen molar-refractivity contribution < 1.29 is 0 Å². The molecule has 1 aromatic rings. The van der Waals surface area contributed by atoms with Crippen molar-refractivity contribution in [1.29, 1.82) is 0 Å². The average molecular weight is 167 g/mol. The van der Waals surface area contributed by atoms with Gasteiger partial charge in [0.05, 0.1) is 12.0 Å². The van der Waals surface area contributed by atoms with E-state index >= 15 is 0 Å². The van der Waals surface area contributed by atoms with Crippen LogP contribution in [0.5, 0.6) is 0 Å². The summed E-state index contributed by atoms with van der Waals surface area (Å²) in [5, 5.41) is 3.12. The van der Waals surface area contributed by atoms with Gasteiger partial charge in [0.2, 0.25) is 0 Å². The number of aromatic nitrogens is 2. The molecule has 0 aliphatic heterocycles. The van der Waals surface area contributed by atoms with Gasteiger partial charge in [0, 0.05) is 18.7 Å². The van der Waals surface area contributed by atoms with Crippen LogP contribution in [0, 0.1) is 0 Å². The summed E-state index contributed by atoms with van der Waals surface area (Å²) in [5.41, 5.74) is 2.51. The fourth-order valence-corrected chi connectivity index (χ4v) is 1.27. The Morgan fingerprint density at radius 1 is 1.50 bits per heavy atom. The Labute approximate surface area is 73.6 Å². The zero-order valence-corrected chi connectivity index (χ0v) is 7.85. The number of hydrogen-bond acceptors (Lipinski definition) is 2. The first-order valence-corrected chi connectivity index (χ1v) is 4.54. The van der Waals surface area contributed by atoms with Crippen LogP contribution in [0.4, 0.5) is 0 Å². The summed E-state index contributed by atoms with van der Waals surface area (Å²) in [5.74, 6) is 0. The number of likely N-dealkylation sites (N-methyl/N-ethyl adjacent to an activating group) is 1. The summed E-state index contributed by atoms with van der Waals surface area (Å²) in [6.45, 7) is 3.18. The third kappa shape index (κ3) is 2.34. The number of aromatic amines is 1. The Kier molecular flexibility index (Phi) is 3.80. The first-order chi connectivity index (χ1) is 5.88. The largest absolute Gasteiger partial charge is 0.348 e. The molecule has 1 rings (SSSR count). The van der Waals surface area contributed by atoms with Crippen LogP contribution in [0.1, 0.15) is 24.7 Å². The zero-order valence-electron chi connectivity index (χ0n) is 7.85. The average Bonchev–Trinajstić information content (AvgIpc) is 2.50. The highest BCUT2D eigenvalue weighted by Crippen LogP contribution is 2.05. The lowest BCUT2D eigenvalue weighted by Gasteiger charge is -1.99. The molecule has 0 fully saturated rings. The normalized spacial score (nSPS) is 10.5. The molecule has 0 saturated carbocycles. The molecule has 0 atom stereocenters. The molecule has 0 amide bonds. The maximum atomic E-state index is 4.28. The van der Waals surface area contributed by atoms with Crippen molar-refractivity contribution in [2.45, 2.75) is 26.2 Å². The van der Waals surface area contributed by atoms with E-state index in [0.29, 0.717) is 0 Å². The molecule has 1 aromatic heterocycles. The van der Waals surface area contributed by atoms with Crippen molar-refractivity contribution in [1.82, 2.24) is 15.3 Å². The summed E-state index contributed by atoms with van der Waals surface area (Å²) in [4.78, 5) is 7.45. The van der Waals surface area contributed by atoms with Crippen LogP contribution in [0.3, 0.4) is 0 Å². The van der Waals surface area contributed by atoms with Gasteiger partial charge in [-0.05, 0) is 13.5 Å². The quantitative estimate of drug-likeness (QED) is 0.690. The van der Waals surface area contributed by atoms with Crippen LogP contribution in [-0.2, 0) is 12.8 Å². The number of nitrogens with zero attached hydrogens (tertiary/aromatic N) is 1. The van der Waals surface area contributed by atoms with Crippen LogP contribution in [0.25, 0.3) is 0 Å². The van der Waals surface area contributed by atoms with E-state index in [9.17, 15) is 0 Å². The van der Waals surface area contributed by atoms with E-state index in [1.165, 1.54) is 17.8 Å². The van der Waals surface area contributed by atoms with Crippen molar-refractivity contribution in [2.75, 3.05) is 13.6 Å². The lowest BCUT2D eigenvalue weighted by atomic mass is 10.2. The van der Waals surface area contributed by atoms with E-state index in [2.05, 4.69) is 22.2 Å². The van der Waals surface area contributed by atoms with E-state index < -0.39 is 0 Å². The molecule has 2 N–H and O–H groups in total. The maximum absolute atomic E-state index is 4.28. The molecule has 0 saturated heterocycles. The van der Waals surface area contributed by atoms with Gasteiger partial charge in [-0.3, -0.25) is 0 Å². The van der Waals surface area contributed by atoms with Gasteiger partial charge in [-0.1, -0.05) is 13.3 Å². The highest BCUT2D eigenvalue weighted by Gasteiger charge is 2.02. The highest BCUT2D eigenvalue weighted by atomic mass is 14.9. The van der Waals surface area contributed by atoms with E-state index in [1.807, 2.05) is 7.05 Å². The van der Waals surface area contributed by atoms with E-state index in [4.69, 9.17) is 0 Å². The van der Waals surface area contributed by atoms with Gasteiger partial charge in [0.1, 0.15) is 0 Å². The molecule has 1 heterocycles. The van der Waals surface area contributed by atoms with Gasteiger partial charge < -0.3 is 10.3 Å². The smallest absolute Gasteiger partial charge is 0.0925 e. The number of nitrogens with one attached hydrogen (secondary N) is 2. The second kappa shape index (κ2) is 4.93. The highest BCUT2D eigenvalue weighted by molar-refractivity contribution is 5.11. The van der Waals surface area contributed by atoms with Gasteiger partial charge in [-0.25, -0.2) is 4.98 Å². The van der Waals surface area contributed by atoms with Crippen molar-refractivity contribution in [2.24, 2.45) is 0 Å². The third-order valence-electron chi connectivity index (χ3n) is 1.92. The summed E-state index contributed by atoms with van der Waals surface area (Å²) in [6.07, 6.45) is 5.10. The van der Waals surface area contributed by atoms with Crippen molar-refractivity contribution in [3.8, 4) is 0 Å². The number of rotatable bonds is 5. The predicted octanol–water partition coefficient (Wildman–Crippen LogP) is 1.12. The summed E-state index contributed by atoms with van der Waals surface area (Å²) in [6, 6.07) is 0. The maximum Gasteiger partial charge on any atom is 0.0925 e. The number of hydrogen-bond donors (Lipinski definition) is 2. The molecular formula is C9H17N3. The second-order valence-corrected chi connectivity index (χ2v) is 2.93. The zero-order chi connectivity index (χ0) is 8.81. The van der Waals surface area contributed by atoms with Gasteiger partial charge in [0.15, 0.2) is 0 Å². The first-order valence-electron chi connectivity index (χ1n) is 4.54. The first kappa shape index (κ1) is 9.26. The van der Waals surface area contributed by atoms with E-state index in [-0.39, 0.29) is 0 Å². The van der Waals surface area contributed by atoms with Gasteiger partial charge in [0.25, 0.3) is 0 Å². The minimum atomic E-state index is 1.00. The fraction of sp³-hybridized carbons (Fsp3) is 0.667. The molecule has 0 radical (unpaired) electrons. The number of aryl methyl sites for hydroxylation is 1. The Bertz CT molecular complexity index is 217. The third-order valence-corrected chi connectivity index (χ3v) is 1.92. The van der Waals surface area contributed by atoms with Crippen LogP contribution in [-0.4, -0.2) is 23.6 Å². The van der Waals surface area contributed by atoms with E-state index in [0.717, 1.165) is 19.4 Å². The molecule has 3 nitrogen and oxygen atoms in total. The summed E-state index contributed by atoms with van der Waals surface area (Å²) in [7, 11) is 1.96. The molecule has 68 valence electrons. The van der Waals surface area contributed by atoms with Crippen LogP contribution >= 0.6 is 0 Å². The Morgan fingerprint density at radius 2 is 2.33 bits per heavy atom. The van der Waals surface area contributed by atoms with Crippen LogP contribution in [0.2, 0.25) is 0 Å². The number of imidazole rings is 1. The molecule has 0 aliphatic carbocycles. The standard InChI is InChI=1S/C9H17N3/c1-3-4-8-9(5-6-10-2)12-7-11-8/h7,10H,3-6H2,1-2H3,(H,11,12). The van der Waals surface area contributed by atoms with Gasteiger partial charge >= 0.3 is 0 Å². The van der Waals surface area contributed by atoms with Gasteiger partial charge in [-0.15, -0.1) is 0 Å². The van der Waals surface area contributed by atoms with Crippen molar-refractivity contribution in [3.63, 3.8) is 0 Å². The molecule has 0 unspecified atom stereocenters. The topological polar surface area (TPSA) is 40.7 Å². The Hall–Kier alpha value is -0.830. The minimum absolute atomic E-state index is 1.00. The van der Waals surface area contributed by atoms with Gasteiger partial charge in [-0.2, -0.15) is 0 Å². The Balaban J connectivity index is 2.51. The summed E-state index contributed by atoms with van der Waals surface area (Å²) < 4.78 is 0. The lowest BCUT2D eigenvalue weighted by Crippen LogP contribution is -2.11. The molecule has 0 aromatic carbocycles. The van der Waals surface area contributed by atoms with Crippen LogP contribution in [0.15, 0.2) is 6.33 Å². The second-order valence-electron chi connectivity index (χ2n) is 2.93. The van der Waals surface area contributed by atoms with E-state index in [1.54, 1.807) is 6.33 Å². The van der Waals surface area contributed by atoms with Crippen molar-refractivity contribution >= 4 is 0 Å². The fourth-order valence-electron chi connectivity index (χ4n) is 1.27.